The van der Waals surface area contributed by atoms with Crippen LogP contribution in [0.25, 0.3) is 0 Å². The number of carbonyl (C=O) groups is 2. The third kappa shape index (κ3) is 4.79. The summed E-state index contributed by atoms with van der Waals surface area (Å²) in [6, 6.07) is 3.57. The van der Waals surface area contributed by atoms with E-state index in [1.54, 1.807) is 24.4 Å². The van der Waals surface area contributed by atoms with Crippen molar-refractivity contribution in [1.82, 2.24) is 15.6 Å². The molecule has 18 heavy (non-hydrogen) atoms. The maximum absolute atomic E-state index is 11.4. The van der Waals surface area contributed by atoms with Crippen LogP contribution in [-0.2, 0) is 11.3 Å². The molecule has 0 radical (unpaired) electrons. The van der Waals surface area contributed by atoms with Crippen molar-refractivity contribution in [3.63, 3.8) is 0 Å². The molecule has 4 N–H and O–H groups in total. The molecule has 0 saturated carbocycles. The van der Waals surface area contributed by atoms with Gasteiger partial charge in [0, 0.05) is 19.2 Å². The van der Waals surface area contributed by atoms with Gasteiger partial charge in [-0.25, -0.2) is 9.59 Å². The van der Waals surface area contributed by atoms with Gasteiger partial charge in [0.15, 0.2) is 0 Å². The molecule has 1 aromatic rings. The number of hydrogen-bond donors (Lipinski definition) is 4. The van der Waals surface area contributed by atoms with E-state index < -0.39 is 18.0 Å². The number of carboxylic acids is 1. The minimum absolute atomic E-state index is 0.0354. The van der Waals surface area contributed by atoms with E-state index in [9.17, 15) is 9.59 Å². The summed E-state index contributed by atoms with van der Waals surface area (Å²) >= 11 is 0. The van der Waals surface area contributed by atoms with Crippen LogP contribution >= 0.6 is 0 Å². The van der Waals surface area contributed by atoms with Gasteiger partial charge in [-0.05, 0) is 12.1 Å². The first-order chi connectivity index (χ1) is 8.63. The number of nitrogens with zero attached hydrogens (tertiary/aromatic N) is 1. The Balaban J connectivity index is 2.39. The molecular formula is C11H15N3O4. The number of pyridine rings is 1. The Morgan fingerprint density at radius 2 is 2.17 bits per heavy atom. The molecule has 0 fully saturated rings. The van der Waals surface area contributed by atoms with Gasteiger partial charge in [0.05, 0.1) is 12.2 Å². The Morgan fingerprint density at radius 1 is 1.39 bits per heavy atom. The monoisotopic (exact) mass is 253 g/mol. The number of carboxylic acid groups (broad SMARTS) is 1. The first kappa shape index (κ1) is 13.9. The van der Waals surface area contributed by atoms with Crippen LogP contribution < -0.4 is 10.6 Å². The number of aliphatic carboxylic acids is 1. The van der Waals surface area contributed by atoms with Gasteiger partial charge in [0.2, 0.25) is 0 Å². The molecule has 2 amide bonds. The molecule has 1 heterocycles. The third-order valence-electron chi connectivity index (χ3n) is 2.18. The number of urea groups is 1. The predicted molar refractivity (Wildman–Crippen MR) is 62.7 cm³/mol. The summed E-state index contributed by atoms with van der Waals surface area (Å²) in [4.78, 5) is 26.1. The maximum Gasteiger partial charge on any atom is 0.326 e. The lowest BCUT2D eigenvalue weighted by Crippen LogP contribution is -2.46. The van der Waals surface area contributed by atoms with Crippen molar-refractivity contribution < 1.29 is 19.8 Å². The van der Waals surface area contributed by atoms with Crippen LogP contribution in [-0.4, -0.2) is 39.8 Å². The zero-order chi connectivity index (χ0) is 13.4. The smallest absolute Gasteiger partial charge is 0.326 e. The number of aromatic nitrogens is 1. The summed E-state index contributed by atoms with van der Waals surface area (Å²) in [6.07, 6.45) is 1.56. The molecular weight excluding hydrogens is 238 g/mol. The molecule has 1 aromatic heterocycles. The number of aliphatic hydroxyl groups is 1. The quantitative estimate of drug-likeness (QED) is 0.557. The second-order valence-corrected chi connectivity index (χ2v) is 3.55. The highest BCUT2D eigenvalue weighted by Gasteiger charge is 2.18. The average molecular weight is 253 g/mol. The number of amides is 2. The lowest BCUT2D eigenvalue weighted by atomic mass is 10.2. The van der Waals surface area contributed by atoms with Crippen molar-refractivity contribution in [2.24, 2.45) is 0 Å². The molecule has 7 heteroatoms. The van der Waals surface area contributed by atoms with Crippen LogP contribution in [0.3, 0.4) is 0 Å². The van der Waals surface area contributed by atoms with Crippen LogP contribution in [0.15, 0.2) is 24.4 Å². The fraction of sp³-hybridized carbons (Fsp3) is 0.364. The van der Waals surface area contributed by atoms with E-state index in [1.165, 1.54) is 0 Å². The number of hydrogen-bond acceptors (Lipinski definition) is 4. The van der Waals surface area contributed by atoms with Crippen molar-refractivity contribution >= 4 is 12.0 Å². The molecule has 7 nitrogen and oxygen atoms in total. The fourth-order valence-electron chi connectivity index (χ4n) is 1.27. The topological polar surface area (TPSA) is 112 Å². The van der Waals surface area contributed by atoms with Crippen molar-refractivity contribution in [2.45, 2.75) is 19.0 Å². The third-order valence-corrected chi connectivity index (χ3v) is 2.18. The molecule has 1 atom stereocenters. The van der Waals surface area contributed by atoms with E-state index in [4.69, 9.17) is 10.2 Å². The highest BCUT2D eigenvalue weighted by atomic mass is 16.4. The minimum Gasteiger partial charge on any atom is -0.480 e. The number of nitrogens with one attached hydrogen (secondary N) is 2. The second kappa shape index (κ2) is 7.23. The van der Waals surface area contributed by atoms with Gasteiger partial charge >= 0.3 is 12.0 Å². The van der Waals surface area contributed by atoms with E-state index in [2.05, 4.69) is 15.6 Å². The molecule has 0 bridgehead atoms. The molecule has 1 rings (SSSR count). The second-order valence-electron chi connectivity index (χ2n) is 3.55. The zero-order valence-electron chi connectivity index (χ0n) is 9.67. The molecule has 0 aliphatic heterocycles. The van der Waals surface area contributed by atoms with E-state index in [-0.39, 0.29) is 19.6 Å². The number of aliphatic hydroxyl groups excluding tert-OH is 1. The Labute approximate surface area is 104 Å². The summed E-state index contributed by atoms with van der Waals surface area (Å²) in [5, 5.41) is 22.2. The van der Waals surface area contributed by atoms with Gasteiger partial charge in [0.1, 0.15) is 6.04 Å². The number of rotatable bonds is 6. The largest absolute Gasteiger partial charge is 0.480 e. The summed E-state index contributed by atoms with van der Waals surface area (Å²) < 4.78 is 0. The maximum atomic E-state index is 11.4. The van der Waals surface area contributed by atoms with E-state index in [0.717, 1.165) is 0 Å². The Hall–Kier alpha value is -2.15. The summed E-state index contributed by atoms with van der Waals surface area (Å²) in [7, 11) is 0. The van der Waals surface area contributed by atoms with Crippen molar-refractivity contribution in [3.05, 3.63) is 30.1 Å². The summed E-state index contributed by atoms with van der Waals surface area (Å²) in [6.45, 7) is -0.102. The zero-order valence-corrected chi connectivity index (χ0v) is 9.67. The highest BCUT2D eigenvalue weighted by Crippen LogP contribution is 1.94. The van der Waals surface area contributed by atoms with Crippen LogP contribution in [0.5, 0.6) is 0 Å². The fourth-order valence-corrected chi connectivity index (χ4v) is 1.27. The number of carbonyl (C=O) groups excluding carboxylic acids is 1. The molecule has 0 aliphatic carbocycles. The van der Waals surface area contributed by atoms with Crippen LogP contribution in [0.1, 0.15) is 12.1 Å². The molecule has 0 unspecified atom stereocenters. The van der Waals surface area contributed by atoms with Crippen LogP contribution in [0, 0.1) is 0 Å². The first-order valence-electron chi connectivity index (χ1n) is 5.41. The summed E-state index contributed by atoms with van der Waals surface area (Å²) in [5.74, 6) is -1.18. The van der Waals surface area contributed by atoms with Crippen LogP contribution in [0.4, 0.5) is 4.79 Å². The van der Waals surface area contributed by atoms with Crippen molar-refractivity contribution in [2.75, 3.05) is 6.61 Å². The van der Waals surface area contributed by atoms with Gasteiger partial charge in [0.25, 0.3) is 0 Å². The predicted octanol–water partition coefficient (Wildman–Crippen LogP) is -0.284. The Morgan fingerprint density at radius 3 is 2.72 bits per heavy atom. The molecule has 98 valence electrons. The Kier molecular flexibility index (Phi) is 5.59. The molecule has 0 saturated heterocycles. The normalized spacial score (nSPS) is 11.6. The van der Waals surface area contributed by atoms with E-state index in [1.807, 2.05) is 0 Å². The van der Waals surface area contributed by atoms with Crippen molar-refractivity contribution in [3.8, 4) is 0 Å². The van der Waals surface area contributed by atoms with Gasteiger partial charge in [-0.15, -0.1) is 0 Å². The SMILES string of the molecule is O=C(NCc1ccccn1)N[C@@H](CCO)C(=O)O. The average Bonchev–Trinajstić information content (AvgIpc) is 2.37. The first-order valence-corrected chi connectivity index (χ1v) is 5.41. The molecule has 0 aromatic carbocycles. The lowest BCUT2D eigenvalue weighted by Gasteiger charge is -2.13. The minimum atomic E-state index is -1.18. The Bertz CT molecular complexity index is 397. The summed E-state index contributed by atoms with van der Waals surface area (Å²) in [5.41, 5.74) is 0.668. The van der Waals surface area contributed by atoms with Gasteiger partial charge in [-0.1, -0.05) is 6.07 Å². The van der Waals surface area contributed by atoms with Gasteiger partial charge in [-0.2, -0.15) is 0 Å². The molecule has 0 spiro atoms. The lowest BCUT2D eigenvalue weighted by molar-refractivity contribution is -0.139. The van der Waals surface area contributed by atoms with E-state index >= 15 is 0 Å². The van der Waals surface area contributed by atoms with Crippen molar-refractivity contribution in [1.29, 1.82) is 0 Å². The van der Waals surface area contributed by atoms with Gasteiger partial charge < -0.3 is 20.8 Å². The highest BCUT2D eigenvalue weighted by molar-refractivity contribution is 5.82. The van der Waals surface area contributed by atoms with Crippen LogP contribution in [0.2, 0.25) is 0 Å². The standard InChI is InChI=1S/C11H15N3O4/c15-6-4-9(10(16)17)14-11(18)13-7-8-3-1-2-5-12-8/h1-3,5,9,15H,4,6-7H2,(H,16,17)(H2,13,14,18)/t9-/m0/s1. The molecule has 0 aliphatic rings. The van der Waals surface area contributed by atoms with E-state index in [0.29, 0.717) is 5.69 Å². The van der Waals surface area contributed by atoms with Gasteiger partial charge in [-0.3, -0.25) is 4.98 Å².